The molecule has 0 amide bonds. The van der Waals surface area contributed by atoms with Crippen LogP contribution in [0.15, 0.2) is 34.9 Å². The van der Waals surface area contributed by atoms with Crippen molar-refractivity contribution in [2.24, 2.45) is 0 Å². The molecule has 0 saturated carbocycles. The van der Waals surface area contributed by atoms with Crippen LogP contribution in [0.4, 0.5) is 0 Å². The standard InChI is InChI=1S/C19H29NO/c1-3-5-6-7-8-9-13-18(20-4-2)17-15-21-19-14-11-10-12-16(17)19/h10-12,14-15,18,20H,3-9,13H2,1-2H3. The minimum Gasteiger partial charge on any atom is -0.464 e. The fraction of sp³-hybridized carbons (Fsp3) is 0.579. The summed E-state index contributed by atoms with van der Waals surface area (Å²) >= 11 is 0. The van der Waals surface area contributed by atoms with Gasteiger partial charge in [-0.25, -0.2) is 0 Å². The molecule has 0 radical (unpaired) electrons. The van der Waals surface area contributed by atoms with E-state index in [1.807, 2.05) is 18.4 Å². The van der Waals surface area contributed by atoms with Gasteiger partial charge in [-0.2, -0.15) is 0 Å². The molecule has 2 rings (SSSR count). The summed E-state index contributed by atoms with van der Waals surface area (Å²) in [6.45, 7) is 5.45. The van der Waals surface area contributed by atoms with E-state index < -0.39 is 0 Å². The number of benzene rings is 1. The zero-order chi connectivity index (χ0) is 14.9. The van der Waals surface area contributed by atoms with Crippen molar-refractivity contribution in [2.45, 2.75) is 64.8 Å². The molecule has 0 aliphatic rings. The molecule has 1 aromatic heterocycles. The summed E-state index contributed by atoms with van der Waals surface area (Å²) in [7, 11) is 0. The minimum absolute atomic E-state index is 0.421. The average Bonchev–Trinajstić information content (AvgIpc) is 2.93. The van der Waals surface area contributed by atoms with Crippen LogP contribution in [0.1, 0.15) is 70.4 Å². The molecule has 0 bridgehead atoms. The second kappa shape index (κ2) is 8.89. The highest BCUT2D eigenvalue weighted by Gasteiger charge is 2.15. The Morgan fingerprint density at radius 1 is 1.00 bits per heavy atom. The van der Waals surface area contributed by atoms with Gasteiger partial charge in [-0.15, -0.1) is 0 Å². The highest BCUT2D eigenvalue weighted by molar-refractivity contribution is 5.81. The molecular weight excluding hydrogens is 258 g/mol. The zero-order valence-corrected chi connectivity index (χ0v) is 13.5. The first-order valence-electron chi connectivity index (χ1n) is 8.56. The van der Waals surface area contributed by atoms with Crippen LogP contribution in [0.2, 0.25) is 0 Å². The Bertz CT molecular complexity index is 517. The first-order valence-corrected chi connectivity index (χ1v) is 8.56. The van der Waals surface area contributed by atoms with E-state index in [1.54, 1.807) is 0 Å². The van der Waals surface area contributed by atoms with Gasteiger partial charge in [0, 0.05) is 17.0 Å². The Morgan fingerprint density at radius 3 is 2.57 bits per heavy atom. The van der Waals surface area contributed by atoms with Gasteiger partial charge in [-0.3, -0.25) is 0 Å². The summed E-state index contributed by atoms with van der Waals surface area (Å²) in [6, 6.07) is 8.76. The number of unbranched alkanes of at least 4 members (excludes halogenated alkanes) is 5. The molecule has 0 aliphatic carbocycles. The van der Waals surface area contributed by atoms with Gasteiger partial charge >= 0.3 is 0 Å². The molecule has 1 N–H and O–H groups in total. The molecule has 1 aromatic carbocycles. The second-order valence-electron chi connectivity index (χ2n) is 5.85. The van der Waals surface area contributed by atoms with E-state index in [1.165, 1.54) is 55.9 Å². The van der Waals surface area contributed by atoms with Crippen molar-refractivity contribution in [1.82, 2.24) is 5.32 Å². The van der Waals surface area contributed by atoms with E-state index in [0.717, 1.165) is 12.1 Å². The Labute approximate surface area is 128 Å². The van der Waals surface area contributed by atoms with Gasteiger partial charge in [-0.05, 0) is 19.0 Å². The van der Waals surface area contributed by atoms with Gasteiger partial charge in [-0.1, -0.05) is 70.6 Å². The molecule has 116 valence electrons. The average molecular weight is 287 g/mol. The lowest BCUT2D eigenvalue weighted by Gasteiger charge is -2.17. The van der Waals surface area contributed by atoms with E-state index in [9.17, 15) is 0 Å². The van der Waals surface area contributed by atoms with Gasteiger partial charge in [0.25, 0.3) is 0 Å². The summed E-state index contributed by atoms with van der Waals surface area (Å²) in [6.07, 6.45) is 11.2. The van der Waals surface area contributed by atoms with Crippen molar-refractivity contribution < 1.29 is 4.42 Å². The topological polar surface area (TPSA) is 25.2 Å². The van der Waals surface area contributed by atoms with Crippen molar-refractivity contribution in [1.29, 1.82) is 0 Å². The van der Waals surface area contributed by atoms with Crippen LogP contribution in [0.3, 0.4) is 0 Å². The second-order valence-corrected chi connectivity index (χ2v) is 5.85. The zero-order valence-electron chi connectivity index (χ0n) is 13.5. The van der Waals surface area contributed by atoms with Crippen LogP contribution in [-0.2, 0) is 0 Å². The molecule has 0 saturated heterocycles. The molecule has 1 unspecified atom stereocenters. The molecule has 0 fully saturated rings. The Hall–Kier alpha value is -1.28. The molecule has 21 heavy (non-hydrogen) atoms. The summed E-state index contributed by atoms with van der Waals surface area (Å²) in [5.41, 5.74) is 2.32. The summed E-state index contributed by atoms with van der Waals surface area (Å²) < 4.78 is 5.70. The lowest BCUT2D eigenvalue weighted by molar-refractivity contribution is 0.473. The van der Waals surface area contributed by atoms with E-state index >= 15 is 0 Å². The number of para-hydroxylation sites is 1. The maximum absolute atomic E-state index is 5.70. The third-order valence-electron chi connectivity index (χ3n) is 4.18. The summed E-state index contributed by atoms with van der Waals surface area (Å²) in [5.74, 6) is 0. The maximum atomic E-state index is 5.70. The van der Waals surface area contributed by atoms with E-state index in [4.69, 9.17) is 4.42 Å². The van der Waals surface area contributed by atoms with Gasteiger partial charge in [0.05, 0.1) is 6.26 Å². The Morgan fingerprint density at radius 2 is 1.76 bits per heavy atom. The quantitative estimate of drug-likeness (QED) is 0.556. The van der Waals surface area contributed by atoms with Crippen molar-refractivity contribution in [2.75, 3.05) is 6.54 Å². The SMILES string of the molecule is CCCCCCCCC(NCC)c1coc2ccccc12. The van der Waals surface area contributed by atoms with Gasteiger partial charge in [0.2, 0.25) is 0 Å². The molecule has 1 atom stereocenters. The molecule has 1 heterocycles. The number of fused-ring (bicyclic) bond motifs is 1. The molecule has 2 heteroatoms. The predicted octanol–water partition coefficient (Wildman–Crippen LogP) is 5.83. The molecule has 2 aromatic rings. The number of nitrogens with one attached hydrogen (secondary N) is 1. The van der Waals surface area contributed by atoms with E-state index in [0.29, 0.717) is 6.04 Å². The van der Waals surface area contributed by atoms with Crippen LogP contribution in [0, 0.1) is 0 Å². The number of rotatable bonds is 10. The van der Waals surface area contributed by atoms with Crippen molar-refractivity contribution >= 4 is 11.0 Å². The van der Waals surface area contributed by atoms with Gasteiger partial charge in [0.1, 0.15) is 5.58 Å². The van der Waals surface area contributed by atoms with Crippen LogP contribution < -0.4 is 5.32 Å². The fourth-order valence-electron chi connectivity index (χ4n) is 3.01. The van der Waals surface area contributed by atoms with Crippen molar-refractivity contribution in [3.63, 3.8) is 0 Å². The fourth-order valence-corrected chi connectivity index (χ4v) is 3.01. The third-order valence-corrected chi connectivity index (χ3v) is 4.18. The van der Waals surface area contributed by atoms with Crippen LogP contribution in [-0.4, -0.2) is 6.54 Å². The van der Waals surface area contributed by atoms with Gasteiger partial charge < -0.3 is 9.73 Å². The normalized spacial score (nSPS) is 12.9. The number of hydrogen-bond donors (Lipinski definition) is 1. The van der Waals surface area contributed by atoms with Crippen LogP contribution in [0.5, 0.6) is 0 Å². The third kappa shape index (κ3) is 4.60. The number of hydrogen-bond acceptors (Lipinski definition) is 2. The summed E-state index contributed by atoms with van der Waals surface area (Å²) in [4.78, 5) is 0. The maximum Gasteiger partial charge on any atom is 0.134 e. The number of furan rings is 1. The largest absolute Gasteiger partial charge is 0.464 e. The summed E-state index contributed by atoms with van der Waals surface area (Å²) in [5, 5.41) is 4.88. The Kier molecular flexibility index (Phi) is 6.81. The monoisotopic (exact) mass is 287 g/mol. The van der Waals surface area contributed by atoms with E-state index in [2.05, 4.69) is 31.3 Å². The van der Waals surface area contributed by atoms with Crippen molar-refractivity contribution in [3.8, 4) is 0 Å². The first-order chi connectivity index (χ1) is 10.4. The highest BCUT2D eigenvalue weighted by atomic mass is 16.3. The van der Waals surface area contributed by atoms with E-state index in [-0.39, 0.29) is 0 Å². The molecule has 2 nitrogen and oxygen atoms in total. The highest BCUT2D eigenvalue weighted by Crippen LogP contribution is 2.29. The molecular formula is C19H29NO. The van der Waals surface area contributed by atoms with Crippen LogP contribution >= 0.6 is 0 Å². The smallest absolute Gasteiger partial charge is 0.134 e. The van der Waals surface area contributed by atoms with Crippen molar-refractivity contribution in [3.05, 3.63) is 36.1 Å². The Balaban J connectivity index is 1.92. The van der Waals surface area contributed by atoms with Gasteiger partial charge in [0.15, 0.2) is 0 Å². The molecule has 0 spiro atoms. The first kappa shape index (κ1) is 16.1. The predicted molar refractivity (Wildman–Crippen MR) is 90.6 cm³/mol. The van der Waals surface area contributed by atoms with Crippen LogP contribution in [0.25, 0.3) is 11.0 Å². The lowest BCUT2D eigenvalue weighted by Crippen LogP contribution is -2.20. The minimum atomic E-state index is 0.421. The molecule has 0 aliphatic heterocycles. The lowest BCUT2D eigenvalue weighted by atomic mass is 9.99.